The molecule has 24 heavy (non-hydrogen) atoms. The summed E-state index contributed by atoms with van der Waals surface area (Å²) in [6.07, 6.45) is 7.12. The maximum atomic E-state index is 11.7. The Morgan fingerprint density at radius 2 is 1.50 bits per heavy atom. The molecule has 2 aromatic rings. The van der Waals surface area contributed by atoms with Crippen LogP contribution in [0.1, 0.15) is 26.3 Å². The molecule has 0 aromatic heterocycles. The molecular formula is C21H22FeO2. The van der Waals surface area contributed by atoms with E-state index in [2.05, 4.69) is 20.8 Å². The summed E-state index contributed by atoms with van der Waals surface area (Å²) in [7, 11) is 0. The number of benzene rings is 1. The Balaban J connectivity index is 0.000000412. The van der Waals surface area contributed by atoms with Crippen LogP contribution >= 0.6 is 0 Å². The van der Waals surface area contributed by atoms with E-state index in [0.29, 0.717) is 11.3 Å². The van der Waals surface area contributed by atoms with Gasteiger partial charge in [-0.2, -0.15) is 18.2 Å². The molecule has 2 aromatic carbocycles. The van der Waals surface area contributed by atoms with Crippen LogP contribution in [0.5, 0.6) is 5.75 Å². The van der Waals surface area contributed by atoms with Crippen LogP contribution in [-0.4, -0.2) is 0 Å². The van der Waals surface area contributed by atoms with Gasteiger partial charge in [-0.05, 0) is 28.7 Å². The molecule has 1 aliphatic rings. The molecule has 2 nitrogen and oxygen atoms in total. The van der Waals surface area contributed by atoms with Crippen LogP contribution in [-0.2, 0) is 22.5 Å². The first-order chi connectivity index (χ1) is 11.0. The third-order valence-corrected chi connectivity index (χ3v) is 3.38. The Morgan fingerprint density at radius 1 is 0.958 bits per heavy atom. The molecule has 0 atom stereocenters. The third kappa shape index (κ3) is 6.19. The fraction of sp³-hybridized carbons (Fsp3) is 0.190. The van der Waals surface area contributed by atoms with Gasteiger partial charge in [0.25, 0.3) is 0 Å². The van der Waals surface area contributed by atoms with Gasteiger partial charge in [-0.25, -0.2) is 12.1 Å². The van der Waals surface area contributed by atoms with Gasteiger partial charge in [0.1, 0.15) is 0 Å². The average Bonchev–Trinajstić information content (AvgIpc) is 3.23. The SMILES string of the molecule is CC(C)(C)c1ccc(OC([O-])=C2C=CC=C2)cc1.[Fe+2].c1cc[cH-]c1. The fourth-order valence-corrected chi connectivity index (χ4v) is 2.02. The predicted molar refractivity (Wildman–Crippen MR) is 93.1 cm³/mol. The maximum Gasteiger partial charge on any atom is 2.00 e. The molecule has 0 fully saturated rings. The maximum absolute atomic E-state index is 11.7. The van der Waals surface area contributed by atoms with Crippen molar-refractivity contribution < 1.29 is 26.9 Å². The first kappa shape index (κ1) is 20.0. The number of hydrogen-bond acceptors (Lipinski definition) is 2. The normalized spacial score (nSPS) is 12.2. The minimum Gasteiger partial charge on any atom is -0.579 e. The molecule has 0 amide bonds. The van der Waals surface area contributed by atoms with Crippen molar-refractivity contribution in [3.63, 3.8) is 0 Å². The van der Waals surface area contributed by atoms with Crippen molar-refractivity contribution in [3.8, 4) is 5.75 Å². The average molecular weight is 362 g/mol. The van der Waals surface area contributed by atoms with Crippen LogP contribution in [0, 0.1) is 0 Å². The third-order valence-electron chi connectivity index (χ3n) is 3.38. The van der Waals surface area contributed by atoms with E-state index in [4.69, 9.17) is 4.74 Å². The largest absolute Gasteiger partial charge is 2.00 e. The fourth-order valence-electron chi connectivity index (χ4n) is 2.02. The molecule has 1 aliphatic carbocycles. The number of allylic oxidation sites excluding steroid dienone is 5. The zero-order valence-corrected chi connectivity index (χ0v) is 15.3. The number of ether oxygens (including phenoxy) is 1. The molecule has 0 N–H and O–H groups in total. The topological polar surface area (TPSA) is 32.3 Å². The van der Waals surface area contributed by atoms with Crippen LogP contribution < -0.4 is 9.84 Å². The van der Waals surface area contributed by atoms with Crippen LogP contribution in [0.4, 0.5) is 0 Å². The molecule has 0 saturated heterocycles. The predicted octanol–water partition coefficient (Wildman–Crippen LogP) is 4.46. The monoisotopic (exact) mass is 362 g/mol. The number of rotatable bonds is 2. The zero-order valence-electron chi connectivity index (χ0n) is 14.2. The van der Waals surface area contributed by atoms with Crippen molar-refractivity contribution in [1.29, 1.82) is 0 Å². The second-order valence-corrected chi connectivity index (χ2v) is 6.30. The summed E-state index contributed by atoms with van der Waals surface area (Å²) in [6.45, 7) is 6.45. The van der Waals surface area contributed by atoms with Crippen LogP contribution in [0.15, 0.2) is 90.4 Å². The summed E-state index contributed by atoms with van der Waals surface area (Å²) in [4.78, 5) is 0. The molecule has 126 valence electrons. The summed E-state index contributed by atoms with van der Waals surface area (Å²) >= 11 is 0. The van der Waals surface area contributed by atoms with E-state index in [1.54, 1.807) is 12.2 Å². The quantitative estimate of drug-likeness (QED) is 0.449. The molecule has 3 heteroatoms. The first-order valence-electron chi connectivity index (χ1n) is 7.68. The standard InChI is InChI=1S/C16H18O2.C5H5.Fe/c1-16(2,3)13-8-10-14(11-9-13)18-15(17)12-6-4-5-7-12;1-2-4-5-3-1;/h4-11,17H,1-3H3;1-5H;/q;-1;+2/p-1. The molecule has 3 rings (SSSR count). The van der Waals surface area contributed by atoms with Crippen molar-refractivity contribution in [2.24, 2.45) is 0 Å². The van der Waals surface area contributed by atoms with Gasteiger partial charge in [0.2, 0.25) is 0 Å². The minimum absolute atomic E-state index is 0. The Hall–Kier alpha value is -2.09. The molecule has 0 heterocycles. The molecule has 0 aliphatic heterocycles. The Bertz CT molecular complexity index is 653. The molecular weight excluding hydrogens is 340 g/mol. The van der Waals surface area contributed by atoms with E-state index in [9.17, 15) is 5.11 Å². The summed E-state index contributed by atoms with van der Waals surface area (Å²) in [5.41, 5.74) is 1.90. The van der Waals surface area contributed by atoms with E-state index in [1.807, 2.05) is 66.7 Å². The van der Waals surface area contributed by atoms with Crippen LogP contribution in [0.2, 0.25) is 0 Å². The van der Waals surface area contributed by atoms with Crippen molar-refractivity contribution >= 4 is 0 Å². The van der Waals surface area contributed by atoms with Gasteiger partial charge in [0.05, 0.1) is 5.95 Å². The zero-order chi connectivity index (χ0) is 16.7. The Labute approximate surface area is 155 Å². The van der Waals surface area contributed by atoms with Crippen molar-refractivity contribution in [2.75, 3.05) is 0 Å². The molecule has 0 radical (unpaired) electrons. The second kappa shape index (κ2) is 9.26. The van der Waals surface area contributed by atoms with Gasteiger partial charge in [-0.1, -0.05) is 57.2 Å². The van der Waals surface area contributed by atoms with Crippen molar-refractivity contribution in [2.45, 2.75) is 26.2 Å². The van der Waals surface area contributed by atoms with Crippen molar-refractivity contribution in [3.05, 3.63) is 96.0 Å². The smallest absolute Gasteiger partial charge is 0.579 e. The van der Waals surface area contributed by atoms with Gasteiger partial charge in [0, 0.05) is 5.75 Å². The van der Waals surface area contributed by atoms with Gasteiger partial charge in [-0.3, -0.25) is 0 Å². The van der Waals surface area contributed by atoms with Crippen LogP contribution in [0.25, 0.3) is 0 Å². The molecule has 0 spiro atoms. The van der Waals surface area contributed by atoms with Gasteiger partial charge in [0.15, 0.2) is 0 Å². The van der Waals surface area contributed by atoms with Gasteiger partial charge in [-0.15, -0.1) is 0 Å². The molecule has 0 bridgehead atoms. The Morgan fingerprint density at radius 3 is 1.92 bits per heavy atom. The summed E-state index contributed by atoms with van der Waals surface area (Å²) < 4.78 is 5.29. The summed E-state index contributed by atoms with van der Waals surface area (Å²) in [5.74, 6) is 0.262. The summed E-state index contributed by atoms with van der Waals surface area (Å²) in [6, 6.07) is 17.7. The van der Waals surface area contributed by atoms with E-state index in [-0.39, 0.29) is 28.4 Å². The first-order valence-corrected chi connectivity index (χ1v) is 7.68. The van der Waals surface area contributed by atoms with E-state index in [1.165, 1.54) is 5.56 Å². The Kier molecular flexibility index (Phi) is 7.70. The molecule has 0 unspecified atom stereocenters. The number of hydrogen-bond donors (Lipinski definition) is 0. The second-order valence-electron chi connectivity index (χ2n) is 6.30. The van der Waals surface area contributed by atoms with E-state index in [0.717, 1.165) is 0 Å². The van der Waals surface area contributed by atoms with E-state index >= 15 is 0 Å². The van der Waals surface area contributed by atoms with Gasteiger partial charge >= 0.3 is 17.1 Å². The van der Waals surface area contributed by atoms with Gasteiger partial charge < -0.3 is 9.84 Å². The van der Waals surface area contributed by atoms with E-state index < -0.39 is 0 Å². The molecule has 0 saturated carbocycles. The minimum atomic E-state index is -0.316. The van der Waals surface area contributed by atoms with Crippen LogP contribution in [0.3, 0.4) is 0 Å². The summed E-state index contributed by atoms with van der Waals surface area (Å²) in [5, 5.41) is 11.7. The van der Waals surface area contributed by atoms with Crippen molar-refractivity contribution in [1.82, 2.24) is 0 Å².